The van der Waals surface area contributed by atoms with Crippen molar-refractivity contribution in [1.82, 2.24) is 19.4 Å². The van der Waals surface area contributed by atoms with Crippen LogP contribution in [-0.2, 0) is 27.3 Å². The van der Waals surface area contributed by atoms with Crippen LogP contribution in [0.5, 0.6) is 0 Å². The number of H-pyrrole nitrogens is 1. The van der Waals surface area contributed by atoms with Gasteiger partial charge in [0.2, 0.25) is 5.91 Å². The number of nitrogens with one attached hydrogen (secondary N) is 2. The molecule has 0 saturated heterocycles. The van der Waals surface area contributed by atoms with Gasteiger partial charge in [0.15, 0.2) is 6.10 Å². The summed E-state index contributed by atoms with van der Waals surface area (Å²) >= 11 is 0. The Balaban J connectivity index is 1.74. The molecule has 1 atom stereocenters. The smallest absolute Gasteiger partial charge is 0.405 e. The van der Waals surface area contributed by atoms with Gasteiger partial charge < -0.3 is 30.2 Å². The van der Waals surface area contributed by atoms with Gasteiger partial charge in [0.05, 0.1) is 12.1 Å². The van der Waals surface area contributed by atoms with E-state index >= 15 is 0 Å². The summed E-state index contributed by atoms with van der Waals surface area (Å²) in [5.41, 5.74) is 7.67. The van der Waals surface area contributed by atoms with Crippen molar-refractivity contribution in [1.29, 1.82) is 0 Å². The number of amides is 3. The van der Waals surface area contributed by atoms with Crippen LogP contribution in [0.15, 0.2) is 53.7 Å². The standard InChI is InChI=1S/C27H34N6O5/c1-17(2)12-18-14-29-15-19-13-20(30-24(18)19)16-33-11-7-8-21(26(33)36)31-25(35)22(38-27(28)37)9-5-6-10-23(34)32(3)4/h6-8,10-11,13-15,17,22,30H,5,9,12,16H2,1-4H3,(H2,28,37)(H,31,35). The zero-order valence-electron chi connectivity index (χ0n) is 22.1. The lowest BCUT2D eigenvalue weighted by Crippen LogP contribution is -2.36. The third-order valence-electron chi connectivity index (χ3n) is 5.76. The number of nitrogens with two attached hydrogens (primary N) is 1. The summed E-state index contributed by atoms with van der Waals surface area (Å²) in [5, 5.41) is 3.50. The van der Waals surface area contributed by atoms with Crippen LogP contribution in [-0.4, -0.2) is 57.5 Å². The van der Waals surface area contributed by atoms with Gasteiger partial charge in [-0.1, -0.05) is 19.9 Å². The summed E-state index contributed by atoms with van der Waals surface area (Å²) in [5.74, 6) is -0.439. The van der Waals surface area contributed by atoms with Crippen molar-refractivity contribution in [3.63, 3.8) is 0 Å². The van der Waals surface area contributed by atoms with Crippen LogP contribution in [0.2, 0.25) is 0 Å². The third-order valence-corrected chi connectivity index (χ3v) is 5.76. The maximum Gasteiger partial charge on any atom is 0.405 e. The molecule has 3 rings (SSSR count). The Hall–Kier alpha value is -4.41. The zero-order chi connectivity index (χ0) is 27.8. The first-order valence-corrected chi connectivity index (χ1v) is 12.3. The first-order valence-electron chi connectivity index (χ1n) is 12.3. The number of primary amides is 1. The summed E-state index contributed by atoms with van der Waals surface area (Å²) in [6.07, 6.45) is 7.07. The molecule has 0 spiro atoms. The zero-order valence-corrected chi connectivity index (χ0v) is 22.1. The summed E-state index contributed by atoms with van der Waals surface area (Å²) in [6, 6.07) is 5.07. The highest BCUT2D eigenvalue weighted by atomic mass is 16.6. The number of nitrogens with zero attached hydrogens (tertiary/aromatic N) is 3. The number of pyridine rings is 2. The van der Waals surface area contributed by atoms with Gasteiger partial charge in [-0.15, -0.1) is 0 Å². The van der Waals surface area contributed by atoms with E-state index in [1.165, 1.54) is 21.6 Å². The number of aromatic nitrogens is 3. The second kappa shape index (κ2) is 12.7. The Labute approximate surface area is 220 Å². The Morgan fingerprint density at radius 1 is 1.26 bits per heavy atom. The van der Waals surface area contributed by atoms with Crippen molar-refractivity contribution >= 4 is 34.5 Å². The normalized spacial score (nSPS) is 12.1. The fourth-order valence-electron chi connectivity index (χ4n) is 3.97. The van der Waals surface area contributed by atoms with Gasteiger partial charge >= 0.3 is 6.09 Å². The van der Waals surface area contributed by atoms with E-state index < -0.39 is 23.7 Å². The fraction of sp³-hybridized carbons (Fsp3) is 0.370. The molecule has 202 valence electrons. The molecule has 3 amide bonds. The molecule has 0 aromatic carbocycles. The van der Waals surface area contributed by atoms with E-state index in [1.54, 1.807) is 38.6 Å². The number of hydrogen-bond acceptors (Lipinski definition) is 6. The molecule has 0 aliphatic rings. The SMILES string of the molecule is CC(C)Cc1cncc2cc(Cn3cccc(NC(=O)C(CCC=CC(=O)N(C)C)OC(N)=O)c3=O)[nH]c12. The molecule has 38 heavy (non-hydrogen) atoms. The molecular weight excluding hydrogens is 488 g/mol. The van der Waals surface area contributed by atoms with E-state index in [2.05, 4.69) is 29.1 Å². The Kier molecular flexibility index (Phi) is 9.42. The van der Waals surface area contributed by atoms with Gasteiger partial charge in [0, 0.05) is 43.8 Å². The van der Waals surface area contributed by atoms with E-state index in [1.807, 2.05) is 12.3 Å². The van der Waals surface area contributed by atoms with E-state index in [-0.39, 0.29) is 31.0 Å². The van der Waals surface area contributed by atoms with Crippen LogP contribution >= 0.6 is 0 Å². The topological polar surface area (TPSA) is 152 Å². The van der Waals surface area contributed by atoms with Crippen molar-refractivity contribution in [2.75, 3.05) is 19.4 Å². The molecule has 3 aromatic rings. The summed E-state index contributed by atoms with van der Waals surface area (Å²) in [6.45, 7) is 4.54. The largest absolute Gasteiger partial charge is 0.436 e. The second-order valence-electron chi connectivity index (χ2n) is 9.64. The maximum atomic E-state index is 13.1. The minimum Gasteiger partial charge on any atom is -0.436 e. The predicted molar refractivity (Wildman–Crippen MR) is 145 cm³/mol. The number of carbonyl (C=O) groups is 3. The van der Waals surface area contributed by atoms with E-state index in [9.17, 15) is 19.2 Å². The third kappa shape index (κ3) is 7.55. The molecule has 0 bridgehead atoms. The van der Waals surface area contributed by atoms with Crippen molar-refractivity contribution in [3.05, 3.63) is 70.6 Å². The Bertz CT molecular complexity index is 1390. The first-order chi connectivity index (χ1) is 18.0. The highest BCUT2D eigenvalue weighted by Crippen LogP contribution is 2.21. The van der Waals surface area contributed by atoms with E-state index in [0.717, 1.165) is 28.6 Å². The average Bonchev–Trinajstić information content (AvgIpc) is 3.26. The highest BCUT2D eigenvalue weighted by Gasteiger charge is 2.22. The first kappa shape index (κ1) is 28.2. The quantitative estimate of drug-likeness (QED) is 0.329. The molecule has 0 radical (unpaired) electrons. The molecule has 0 saturated carbocycles. The second-order valence-corrected chi connectivity index (χ2v) is 9.64. The monoisotopic (exact) mass is 522 g/mol. The molecular formula is C27H34N6O5. The molecule has 1 unspecified atom stereocenters. The molecule has 11 nitrogen and oxygen atoms in total. The lowest BCUT2D eigenvalue weighted by Gasteiger charge is -2.16. The number of fused-ring (bicyclic) bond motifs is 1. The maximum absolute atomic E-state index is 13.1. The number of ether oxygens (including phenoxy) is 1. The van der Waals surface area contributed by atoms with Crippen molar-refractivity contribution in [2.24, 2.45) is 11.7 Å². The molecule has 3 aromatic heterocycles. The average molecular weight is 523 g/mol. The number of hydrogen-bond donors (Lipinski definition) is 3. The number of anilines is 1. The number of carbonyl (C=O) groups excluding carboxylic acids is 3. The van der Waals surface area contributed by atoms with Crippen LogP contribution in [0, 0.1) is 5.92 Å². The van der Waals surface area contributed by atoms with Crippen molar-refractivity contribution < 1.29 is 19.1 Å². The summed E-state index contributed by atoms with van der Waals surface area (Å²) < 4.78 is 6.42. The predicted octanol–water partition coefficient (Wildman–Crippen LogP) is 2.80. The minimum absolute atomic E-state index is 0.0344. The van der Waals surface area contributed by atoms with Gasteiger partial charge in [-0.25, -0.2) is 4.79 Å². The molecule has 11 heteroatoms. The van der Waals surface area contributed by atoms with Gasteiger partial charge in [-0.05, 0) is 55.0 Å². The summed E-state index contributed by atoms with van der Waals surface area (Å²) in [7, 11) is 3.23. The van der Waals surface area contributed by atoms with Crippen LogP contribution in [0.3, 0.4) is 0 Å². The number of rotatable bonds is 11. The van der Waals surface area contributed by atoms with Crippen LogP contribution in [0.1, 0.15) is 37.9 Å². The molecule has 0 fully saturated rings. The Morgan fingerprint density at radius 2 is 2.03 bits per heavy atom. The number of aromatic amines is 1. The molecule has 3 heterocycles. The van der Waals surface area contributed by atoms with Crippen molar-refractivity contribution in [2.45, 2.75) is 45.8 Å². The lowest BCUT2D eigenvalue weighted by atomic mass is 10.0. The van der Waals surface area contributed by atoms with E-state index in [0.29, 0.717) is 5.92 Å². The number of allylic oxidation sites excluding steroid dienone is 1. The molecule has 0 aliphatic heterocycles. The Morgan fingerprint density at radius 3 is 2.71 bits per heavy atom. The highest BCUT2D eigenvalue weighted by molar-refractivity contribution is 5.95. The fourth-order valence-corrected chi connectivity index (χ4v) is 3.97. The lowest BCUT2D eigenvalue weighted by molar-refractivity contribution is -0.124. The van der Waals surface area contributed by atoms with Gasteiger partial charge in [0.25, 0.3) is 11.5 Å². The molecule has 4 N–H and O–H groups in total. The van der Waals surface area contributed by atoms with Gasteiger partial charge in [-0.2, -0.15) is 0 Å². The van der Waals surface area contributed by atoms with Gasteiger partial charge in [-0.3, -0.25) is 19.4 Å². The van der Waals surface area contributed by atoms with Crippen LogP contribution in [0.4, 0.5) is 10.5 Å². The summed E-state index contributed by atoms with van der Waals surface area (Å²) in [4.78, 5) is 58.1. The van der Waals surface area contributed by atoms with Crippen LogP contribution < -0.4 is 16.6 Å². The minimum atomic E-state index is -1.24. The van der Waals surface area contributed by atoms with Gasteiger partial charge in [0.1, 0.15) is 5.69 Å². The van der Waals surface area contributed by atoms with Crippen LogP contribution in [0.25, 0.3) is 10.9 Å². The van der Waals surface area contributed by atoms with E-state index in [4.69, 9.17) is 10.5 Å². The molecule has 0 aliphatic carbocycles. The van der Waals surface area contributed by atoms with Crippen molar-refractivity contribution in [3.8, 4) is 0 Å². The number of likely N-dealkylation sites (N-methyl/N-ethyl adjacent to an activating group) is 1.